The second-order valence-corrected chi connectivity index (χ2v) is 4.62. The van der Waals surface area contributed by atoms with Crippen molar-refractivity contribution in [1.29, 1.82) is 0 Å². The van der Waals surface area contributed by atoms with Gasteiger partial charge in [0.1, 0.15) is 18.1 Å². The number of hydrogen-bond donors (Lipinski definition) is 1. The monoisotopic (exact) mass is 238 g/mol. The first-order valence-electron chi connectivity index (χ1n) is 6.06. The Morgan fingerprint density at radius 2 is 1.88 bits per heavy atom. The van der Waals surface area contributed by atoms with E-state index < -0.39 is 6.10 Å². The molecule has 0 radical (unpaired) electrons. The quantitative estimate of drug-likeness (QED) is 0.794. The van der Waals surface area contributed by atoms with Crippen LogP contribution in [-0.2, 0) is 0 Å². The topological polar surface area (TPSA) is 38.7 Å². The molecule has 0 fully saturated rings. The van der Waals surface area contributed by atoms with E-state index in [0.717, 1.165) is 24.3 Å². The summed E-state index contributed by atoms with van der Waals surface area (Å²) < 4.78 is 10.6. The van der Waals surface area contributed by atoms with Crippen LogP contribution in [0.3, 0.4) is 0 Å². The van der Waals surface area contributed by atoms with Crippen molar-refractivity contribution in [1.82, 2.24) is 0 Å². The van der Waals surface area contributed by atoms with E-state index in [1.807, 2.05) is 24.3 Å². The maximum atomic E-state index is 9.73. The van der Waals surface area contributed by atoms with Crippen molar-refractivity contribution < 1.29 is 14.6 Å². The summed E-state index contributed by atoms with van der Waals surface area (Å²) in [4.78, 5) is 0. The lowest BCUT2D eigenvalue weighted by atomic mass is 10.1. The molecule has 1 aromatic carbocycles. The average molecular weight is 238 g/mol. The minimum Gasteiger partial charge on any atom is -0.497 e. The maximum absolute atomic E-state index is 9.73. The fourth-order valence-corrected chi connectivity index (χ4v) is 1.49. The molecule has 3 nitrogen and oxygen atoms in total. The third-order valence-corrected chi connectivity index (χ3v) is 2.56. The molecule has 0 aliphatic rings. The molecule has 1 atom stereocenters. The standard InChI is InChI=1S/C14H22O3/c1-11(2)7-8-12(15)10-17-14-6-4-5-13(9-14)16-3/h4-6,9,11-12,15H,7-8,10H2,1-3H3. The van der Waals surface area contributed by atoms with Crippen molar-refractivity contribution in [3.8, 4) is 11.5 Å². The molecule has 0 bridgehead atoms. The molecule has 1 rings (SSSR count). The molecule has 3 heteroatoms. The van der Waals surface area contributed by atoms with Gasteiger partial charge in [-0.15, -0.1) is 0 Å². The third kappa shape index (κ3) is 5.59. The number of ether oxygens (including phenoxy) is 2. The molecule has 0 heterocycles. The van der Waals surface area contributed by atoms with Crippen LogP contribution in [0.2, 0.25) is 0 Å². The number of methoxy groups -OCH3 is 1. The summed E-state index contributed by atoms with van der Waals surface area (Å²) in [5.41, 5.74) is 0. The van der Waals surface area contributed by atoms with E-state index in [9.17, 15) is 5.11 Å². The zero-order chi connectivity index (χ0) is 12.7. The largest absolute Gasteiger partial charge is 0.497 e. The highest BCUT2D eigenvalue weighted by atomic mass is 16.5. The Kier molecular flexibility index (Phi) is 5.84. The van der Waals surface area contributed by atoms with Gasteiger partial charge >= 0.3 is 0 Å². The van der Waals surface area contributed by atoms with Crippen LogP contribution in [-0.4, -0.2) is 24.9 Å². The molecule has 0 aliphatic heterocycles. The predicted molar refractivity (Wildman–Crippen MR) is 68.6 cm³/mol. The predicted octanol–water partition coefficient (Wildman–Crippen LogP) is 2.87. The van der Waals surface area contributed by atoms with Gasteiger partial charge in [-0.2, -0.15) is 0 Å². The lowest BCUT2D eigenvalue weighted by Gasteiger charge is -2.13. The minimum absolute atomic E-state index is 0.333. The van der Waals surface area contributed by atoms with E-state index in [0.29, 0.717) is 12.5 Å². The van der Waals surface area contributed by atoms with E-state index in [1.54, 1.807) is 7.11 Å². The highest BCUT2D eigenvalue weighted by Crippen LogP contribution is 2.19. The lowest BCUT2D eigenvalue weighted by molar-refractivity contribution is 0.0949. The zero-order valence-electron chi connectivity index (χ0n) is 10.8. The van der Waals surface area contributed by atoms with Gasteiger partial charge in [-0.3, -0.25) is 0 Å². The molecule has 0 spiro atoms. The number of aliphatic hydroxyl groups excluding tert-OH is 1. The van der Waals surface area contributed by atoms with E-state index >= 15 is 0 Å². The van der Waals surface area contributed by atoms with E-state index in [-0.39, 0.29) is 0 Å². The molecule has 0 amide bonds. The Morgan fingerprint density at radius 1 is 1.18 bits per heavy atom. The van der Waals surface area contributed by atoms with E-state index in [2.05, 4.69) is 13.8 Å². The van der Waals surface area contributed by atoms with Gasteiger partial charge in [0.25, 0.3) is 0 Å². The molecular weight excluding hydrogens is 216 g/mol. The van der Waals surface area contributed by atoms with Crippen LogP contribution in [0.15, 0.2) is 24.3 Å². The summed E-state index contributed by atoms with van der Waals surface area (Å²) in [5.74, 6) is 2.11. The zero-order valence-corrected chi connectivity index (χ0v) is 10.8. The van der Waals surface area contributed by atoms with Gasteiger partial charge in [-0.1, -0.05) is 19.9 Å². The minimum atomic E-state index is -0.399. The van der Waals surface area contributed by atoms with Crippen molar-refractivity contribution in [3.05, 3.63) is 24.3 Å². The fourth-order valence-electron chi connectivity index (χ4n) is 1.49. The number of rotatable bonds is 7. The maximum Gasteiger partial charge on any atom is 0.123 e. The summed E-state index contributed by atoms with van der Waals surface area (Å²) in [5, 5.41) is 9.73. The van der Waals surface area contributed by atoms with Gasteiger partial charge < -0.3 is 14.6 Å². The molecule has 0 saturated carbocycles. The molecule has 96 valence electrons. The molecule has 0 saturated heterocycles. The molecule has 1 unspecified atom stereocenters. The van der Waals surface area contributed by atoms with E-state index in [4.69, 9.17) is 9.47 Å². The summed E-state index contributed by atoms with van der Waals surface area (Å²) in [6.45, 7) is 4.63. The first-order valence-corrected chi connectivity index (χ1v) is 6.06. The van der Waals surface area contributed by atoms with Gasteiger partial charge in [0.2, 0.25) is 0 Å². The highest BCUT2D eigenvalue weighted by Gasteiger charge is 2.07. The third-order valence-electron chi connectivity index (χ3n) is 2.56. The van der Waals surface area contributed by atoms with Crippen LogP contribution >= 0.6 is 0 Å². The summed E-state index contributed by atoms with van der Waals surface area (Å²) in [7, 11) is 1.62. The average Bonchev–Trinajstić information content (AvgIpc) is 2.34. The van der Waals surface area contributed by atoms with Crippen molar-refractivity contribution >= 4 is 0 Å². The first kappa shape index (κ1) is 13.8. The van der Waals surface area contributed by atoms with Gasteiger partial charge in [0, 0.05) is 6.07 Å². The smallest absolute Gasteiger partial charge is 0.123 e. The Balaban J connectivity index is 2.33. The van der Waals surface area contributed by atoms with Crippen LogP contribution in [0.25, 0.3) is 0 Å². The van der Waals surface area contributed by atoms with E-state index in [1.165, 1.54) is 0 Å². The molecule has 1 aromatic rings. The second kappa shape index (κ2) is 7.17. The van der Waals surface area contributed by atoms with Crippen LogP contribution in [0.5, 0.6) is 11.5 Å². The molecule has 0 aromatic heterocycles. The second-order valence-electron chi connectivity index (χ2n) is 4.62. The number of aliphatic hydroxyl groups is 1. The van der Waals surface area contributed by atoms with Gasteiger partial charge in [-0.05, 0) is 30.9 Å². The lowest BCUT2D eigenvalue weighted by Crippen LogP contribution is -2.18. The van der Waals surface area contributed by atoms with Gasteiger partial charge in [0.05, 0.1) is 13.2 Å². The summed E-state index contributed by atoms with van der Waals surface area (Å²) in [6, 6.07) is 7.41. The Bertz CT molecular complexity index is 323. The Labute approximate surface area is 103 Å². The molecule has 1 N–H and O–H groups in total. The van der Waals surface area contributed by atoms with Crippen LogP contribution in [0.1, 0.15) is 26.7 Å². The van der Waals surface area contributed by atoms with Crippen LogP contribution in [0, 0.1) is 5.92 Å². The Hall–Kier alpha value is -1.22. The number of hydrogen-bond acceptors (Lipinski definition) is 3. The van der Waals surface area contributed by atoms with Gasteiger partial charge in [-0.25, -0.2) is 0 Å². The summed E-state index contributed by atoms with van der Waals surface area (Å²) >= 11 is 0. The van der Waals surface area contributed by atoms with Crippen molar-refractivity contribution in [3.63, 3.8) is 0 Å². The van der Waals surface area contributed by atoms with Crippen LogP contribution < -0.4 is 9.47 Å². The number of benzene rings is 1. The van der Waals surface area contributed by atoms with Crippen molar-refractivity contribution in [2.75, 3.05) is 13.7 Å². The first-order chi connectivity index (χ1) is 8.11. The van der Waals surface area contributed by atoms with Crippen LogP contribution in [0.4, 0.5) is 0 Å². The Morgan fingerprint density at radius 3 is 2.53 bits per heavy atom. The highest BCUT2D eigenvalue weighted by molar-refractivity contribution is 5.32. The molecule has 0 aliphatic carbocycles. The molecule has 17 heavy (non-hydrogen) atoms. The SMILES string of the molecule is COc1cccc(OCC(O)CCC(C)C)c1. The van der Waals surface area contributed by atoms with Gasteiger partial charge in [0.15, 0.2) is 0 Å². The molecular formula is C14H22O3. The fraction of sp³-hybridized carbons (Fsp3) is 0.571. The summed E-state index contributed by atoms with van der Waals surface area (Å²) in [6.07, 6.45) is 1.40. The normalized spacial score (nSPS) is 12.5. The van der Waals surface area contributed by atoms with Crippen molar-refractivity contribution in [2.45, 2.75) is 32.8 Å². The van der Waals surface area contributed by atoms with Crippen molar-refractivity contribution in [2.24, 2.45) is 5.92 Å².